The van der Waals surface area contributed by atoms with Crippen LogP contribution in [-0.2, 0) is 27.9 Å². The molecule has 6 N–H and O–H groups in total. The van der Waals surface area contributed by atoms with Gasteiger partial charge in [-0.3, -0.25) is 13.8 Å². The Morgan fingerprint density at radius 3 is 1.52 bits per heavy atom. The Morgan fingerprint density at radius 1 is 0.550 bits per heavy atom. The van der Waals surface area contributed by atoms with Crippen LogP contribution in [-0.4, -0.2) is 98.9 Å². The van der Waals surface area contributed by atoms with Crippen molar-refractivity contribution in [3.05, 3.63) is 48.6 Å². The molecule has 1 rings (SSSR count). The summed E-state index contributed by atoms with van der Waals surface area (Å²) in [5.41, 5.74) is 0. The number of allylic oxidation sites excluding steroid dienone is 8. The summed E-state index contributed by atoms with van der Waals surface area (Å²) in [4.78, 5) is 23.1. The van der Waals surface area contributed by atoms with Crippen LogP contribution in [0.15, 0.2) is 48.6 Å². The fraction of sp³-hybridized carbons (Fsp3) is 0.809. The molecule has 0 aromatic heterocycles. The van der Waals surface area contributed by atoms with Crippen LogP contribution in [0.4, 0.5) is 0 Å². The summed E-state index contributed by atoms with van der Waals surface area (Å²) in [6, 6.07) is 0. The van der Waals surface area contributed by atoms with Crippen LogP contribution in [0, 0.1) is 0 Å². The summed E-state index contributed by atoms with van der Waals surface area (Å²) in [7, 11) is -5.02. The first-order chi connectivity index (χ1) is 29.0. The average molecular weight is 873 g/mol. The summed E-state index contributed by atoms with van der Waals surface area (Å²) in [5.74, 6) is -0.496. The minimum atomic E-state index is -5.02. The number of rotatable bonds is 39. The SMILES string of the molecule is CC/C=C\C/C=C\C/C=C\CCCCCCCC(=O)OC(COCCCCCCCCCC/C=C\CCCCCCCC)COP(=O)(O)OC1C(O)C(O)C(O)C(O)C1O. The highest BCUT2D eigenvalue weighted by Gasteiger charge is 2.51. The van der Waals surface area contributed by atoms with Gasteiger partial charge in [0.2, 0.25) is 0 Å². The minimum Gasteiger partial charge on any atom is -0.457 e. The number of hydrogen-bond donors (Lipinski definition) is 6. The highest BCUT2D eigenvalue weighted by Crippen LogP contribution is 2.47. The van der Waals surface area contributed by atoms with Crippen LogP contribution in [0.2, 0.25) is 0 Å². The van der Waals surface area contributed by atoms with E-state index in [2.05, 4.69) is 62.5 Å². The van der Waals surface area contributed by atoms with E-state index >= 15 is 0 Å². The number of ether oxygens (including phenoxy) is 2. The molecule has 1 aliphatic carbocycles. The second kappa shape index (κ2) is 37.8. The van der Waals surface area contributed by atoms with E-state index in [-0.39, 0.29) is 13.0 Å². The van der Waals surface area contributed by atoms with Gasteiger partial charge in [-0.15, -0.1) is 0 Å². The summed E-state index contributed by atoms with van der Waals surface area (Å²) in [6.07, 6.45) is 33.2. The number of phosphoric ester groups is 1. The summed E-state index contributed by atoms with van der Waals surface area (Å²) in [5, 5.41) is 50.2. The smallest absolute Gasteiger partial charge is 0.457 e. The molecule has 0 amide bonds. The number of carbonyl (C=O) groups is 1. The molecule has 0 bridgehead atoms. The fourth-order valence-corrected chi connectivity index (χ4v) is 7.92. The van der Waals surface area contributed by atoms with E-state index in [1.165, 1.54) is 77.0 Å². The van der Waals surface area contributed by atoms with Crippen molar-refractivity contribution in [3.63, 3.8) is 0 Å². The lowest BCUT2D eigenvalue weighted by atomic mass is 9.85. The van der Waals surface area contributed by atoms with Gasteiger partial charge in [-0.05, 0) is 70.6 Å². The minimum absolute atomic E-state index is 0.0866. The van der Waals surface area contributed by atoms with Crippen molar-refractivity contribution in [2.24, 2.45) is 0 Å². The zero-order valence-electron chi connectivity index (χ0n) is 37.2. The molecule has 1 aliphatic rings. The molecule has 12 nitrogen and oxygen atoms in total. The van der Waals surface area contributed by atoms with Gasteiger partial charge in [0.25, 0.3) is 0 Å². The van der Waals surface area contributed by atoms with E-state index in [0.717, 1.165) is 77.0 Å². The first-order valence-electron chi connectivity index (χ1n) is 23.5. The van der Waals surface area contributed by atoms with Gasteiger partial charge in [-0.2, -0.15) is 0 Å². The standard InChI is InChI=1S/C47H85O12P/c1-3-5-7-9-11-13-15-17-19-20-21-23-25-27-29-31-33-35-37-56-38-40(39-57-60(54,55)59-47-45(52)43(50)42(49)44(51)46(47)53)58-41(48)36-34-32-30-28-26-24-22-18-16-14-12-10-8-6-4-2/h6,8,12,14,17-19,22,40,42-47,49-53H,3-5,7,9-11,13,15-16,20-21,23-39H2,1-2H3,(H,54,55)/b8-6-,14-12-,19-17-,22-18-. The second-order valence-corrected chi connectivity index (χ2v) is 17.6. The van der Waals surface area contributed by atoms with Crippen molar-refractivity contribution in [1.29, 1.82) is 0 Å². The molecule has 0 saturated heterocycles. The number of aliphatic hydroxyl groups is 5. The lowest BCUT2D eigenvalue weighted by molar-refractivity contribution is -0.220. The van der Waals surface area contributed by atoms with Crippen molar-refractivity contribution in [2.45, 2.75) is 224 Å². The van der Waals surface area contributed by atoms with Crippen LogP contribution in [0.1, 0.15) is 181 Å². The summed E-state index contributed by atoms with van der Waals surface area (Å²) in [6.45, 7) is 4.12. The molecular weight excluding hydrogens is 787 g/mol. The first-order valence-corrected chi connectivity index (χ1v) is 25.0. The van der Waals surface area contributed by atoms with Crippen molar-refractivity contribution < 1.29 is 58.3 Å². The summed E-state index contributed by atoms with van der Waals surface area (Å²) < 4.78 is 34.2. The normalized spacial score (nSPS) is 22.7. The molecule has 0 aromatic carbocycles. The third-order valence-electron chi connectivity index (χ3n) is 10.7. The Labute approximate surface area is 363 Å². The largest absolute Gasteiger partial charge is 0.472 e. The van der Waals surface area contributed by atoms with Gasteiger partial charge >= 0.3 is 13.8 Å². The third kappa shape index (κ3) is 29.6. The second-order valence-electron chi connectivity index (χ2n) is 16.2. The molecular formula is C47H85O12P. The van der Waals surface area contributed by atoms with E-state index in [1.807, 2.05) is 0 Å². The third-order valence-corrected chi connectivity index (χ3v) is 11.7. The van der Waals surface area contributed by atoms with E-state index in [0.29, 0.717) is 13.0 Å². The predicted octanol–water partition coefficient (Wildman–Crippen LogP) is 9.64. The number of phosphoric acid groups is 1. The molecule has 1 saturated carbocycles. The zero-order chi connectivity index (χ0) is 44.1. The molecule has 60 heavy (non-hydrogen) atoms. The molecule has 0 radical (unpaired) electrons. The first kappa shape index (κ1) is 56.3. The Balaban J connectivity index is 2.40. The highest BCUT2D eigenvalue weighted by atomic mass is 31.2. The van der Waals surface area contributed by atoms with Crippen molar-refractivity contribution in [2.75, 3.05) is 19.8 Å². The maximum absolute atomic E-state index is 12.8. The molecule has 6 unspecified atom stereocenters. The van der Waals surface area contributed by atoms with Gasteiger partial charge in [0.1, 0.15) is 42.7 Å². The van der Waals surface area contributed by atoms with Crippen molar-refractivity contribution >= 4 is 13.8 Å². The average Bonchev–Trinajstić information content (AvgIpc) is 3.23. The van der Waals surface area contributed by atoms with Gasteiger partial charge in [0.05, 0.1) is 13.2 Å². The summed E-state index contributed by atoms with van der Waals surface area (Å²) >= 11 is 0. The van der Waals surface area contributed by atoms with Crippen molar-refractivity contribution in [3.8, 4) is 0 Å². The van der Waals surface area contributed by atoms with Crippen LogP contribution in [0.5, 0.6) is 0 Å². The Hall–Kier alpha value is -1.70. The Morgan fingerprint density at radius 2 is 0.983 bits per heavy atom. The maximum Gasteiger partial charge on any atom is 0.472 e. The van der Waals surface area contributed by atoms with Crippen molar-refractivity contribution in [1.82, 2.24) is 0 Å². The molecule has 0 aliphatic heterocycles. The van der Waals surface area contributed by atoms with E-state index in [1.54, 1.807) is 0 Å². The fourth-order valence-electron chi connectivity index (χ4n) is 6.95. The number of hydrogen-bond acceptors (Lipinski definition) is 11. The molecule has 13 heteroatoms. The van der Waals surface area contributed by atoms with Gasteiger partial charge < -0.3 is 39.9 Å². The Bertz CT molecular complexity index is 1180. The quantitative estimate of drug-likeness (QED) is 0.0149. The molecule has 0 aromatic rings. The van der Waals surface area contributed by atoms with Gasteiger partial charge in [-0.25, -0.2) is 4.57 Å². The topological polar surface area (TPSA) is 192 Å². The maximum atomic E-state index is 12.8. The predicted molar refractivity (Wildman–Crippen MR) is 239 cm³/mol. The number of unbranched alkanes of at least 4 members (excludes halogenated alkanes) is 19. The van der Waals surface area contributed by atoms with E-state index in [9.17, 15) is 39.8 Å². The zero-order valence-corrected chi connectivity index (χ0v) is 38.1. The monoisotopic (exact) mass is 873 g/mol. The van der Waals surface area contributed by atoms with Crippen LogP contribution in [0.3, 0.4) is 0 Å². The molecule has 1 fully saturated rings. The van der Waals surface area contributed by atoms with Crippen LogP contribution < -0.4 is 0 Å². The van der Waals surface area contributed by atoms with E-state index in [4.69, 9.17) is 18.5 Å². The lowest BCUT2D eigenvalue weighted by Crippen LogP contribution is -2.64. The molecule has 0 heterocycles. The lowest BCUT2D eigenvalue weighted by Gasteiger charge is -2.41. The van der Waals surface area contributed by atoms with Crippen LogP contribution >= 0.6 is 7.82 Å². The van der Waals surface area contributed by atoms with E-state index < -0.39 is 63.1 Å². The number of aliphatic hydroxyl groups excluding tert-OH is 5. The Kier molecular flexibility index (Phi) is 35.5. The van der Waals surface area contributed by atoms with Gasteiger partial charge in [0, 0.05) is 13.0 Å². The molecule has 350 valence electrons. The molecule has 0 spiro atoms. The number of esters is 1. The number of carbonyl (C=O) groups excluding carboxylic acids is 1. The van der Waals surface area contributed by atoms with Gasteiger partial charge in [0.15, 0.2) is 0 Å². The molecule has 6 atom stereocenters. The highest BCUT2D eigenvalue weighted by molar-refractivity contribution is 7.47. The van der Waals surface area contributed by atoms with Gasteiger partial charge in [-0.1, -0.05) is 152 Å². The van der Waals surface area contributed by atoms with Crippen LogP contribution in [0.25, 0.3) is 0 Å².